The summed E-state index contributed by atoms with van der Waals surface area (Å²) in [5.41, 5.74) is 1.78. The van der Waals surface area contributed by atoms with Crippen molar-refractivity contribution in [2.24, 2.45) is 4.99 Å². The van der Waals surface area contributed by atoms with Crippen molar-refractivity contribution in [3.63, 3.8) is 0 Å². The van der Waals surface area contributed by atoms with Crippen LogP contribution in [0.1, 0.15) is 52.5 Å². The molecule has 8 heteroatoms. The van der Waals surface area contributed by atoms with Gasteiger partial charge in [0.2, 0.25) is 0 Å². The zero-order valence-electron chi connectivity index (χ0n) is 15.0. The van der Waals surface area contributed by atoms with E-state index in [9.17, 15) is 18.0 Å². The molecule has 0 spiro atoms. The number of carbonyl (C=O) groups excluding carboxylic acids is 1. The Balaban J connectivity index is 1.46. The molecule has 1 fully saturated rings. The summed E-state index contributed by atoms with van der Waals surface area (Å²) >= 11 is 5.96. The van der Waals surface area contributed by atoms with Gasteiger partial charge in [0, 0.05) is 25.2 Å². The van der Waals surface area contributed by atoms with Crippen LogP contribution < -0.4 is 0 Å². The Morgan fingerprint density at radius 1 is 1.18 bits per heavy atom. The molecule has 2 aliphatic rings. The highest BCUT2D eigenvalue weighted by Gasteiger charge is 2.36. The lowest BCUT2D eigenvalue weighted by Gasteiger charge is -2.33. The average molecular weight is 410 g/mol. The van der Waals surface area contributed by atoms with Crippen LogP contribution in [0.3, 0.4) is 0 Å². The fourth-order valence-corrected chi connectivity index (χ4v) is 4.17. The van der Waals surface area contributed by atoms with Crippen molar-refractivity contribution in [3.8, 4) is 0 Å². The van der Waals surface area contributed by atoms with Gasteiger partial charge in [0.05, 0.1) is 11.3 Å². The molecule has 1 N–H and O–H groups in total. The molecule has 0 radical (unpaired) electrons. The van der Waals surface area contributed by atoms with E-state index in [1.165, 1.54) is 6.07 Å². The van der Waals surface area contributed by atoms with E-state index in [0.29, 0.717) is 60.9 Å². The van der Waals surface area contributed by atoms with Gasteiger partial charge in [-0.2, -0.15) is 13.2 Å². The number of H-pyrrole nitrogens is 1. The number of hydrogen-bond acceptors (Lipinski definition) is 2. The van der Waals surface area contributed by atoms with Crippen LogP contribution in [-0.4, -0.2) is 34.1 Å². The fourth-order valence-electron chi connectivity index (χ4n) is 3.98. The number of halogens is 4. The first kappa shape index (κ1) is 19.1. The monoisotopic (exact) mass is 409 g/mol. The molecule has 1 saturated heterocycles. The van der Waals surface area contributed by atoms with E-state index in [4.69, 9.17) is 11.6 Å². The lowest BCUT2D eigenvalue weighted by atomic mass is 9.86. The van der Waals surface area contributed by atoms with Crippen molar-refractivity contribution in [2.45, 2.75) is 37.8 Å². The zero-order valence-corrected chi connectivity index (χ0v) is 15.8. The number of aryl methyl sites for hydroxylation is 1. The molecule has 1 aromatic heterocycles. The van der Waals surface area contributed by atoms with E-state index in [0.717, 1.165) is 11.8 Å². The first-order valence-electron chi connectivity index (χ1n) is 9.23. The van der Waals surface area contributed by atoms with Gasteiger partial charge in [-0.15, -0.1) is 0 Å². The maximum atomic E-state index is 13.3. The molecular formula is C20H19ClF3N3O. The van der Waals surface area contributed by atoms with Crippen LogP contribution in [0.15, 0.2) is 35.3 Å². The summed E-state index contributed by atoms with van der Waals surface area (Å²) in [5.74, 6) is -0.356. The molecule has 3 heterocycles. The van der Waals surface area contributed by atoms with Crippen molar-refractivity contribution in [1.29, 1.82) is 0 Å². The number of likely N-dealkylation sites (tertiary alicyclic amines) is 1. The predicted octanol–water partition coefficient (Wildman–Crippen LogP) is 5.27. The van der Waals surface area contributed by atoms with E-state index in [1.54, 1.807) is 23.1 Å². The minimum Gasteiger partial charge on any atom is -0.353 e. The summed E-state index contributed by atoms with van der Waals surface area (Å²) in [7, 11) is 0. The third-order valence-corrected chi connectivity index (χ3v) is 5.69. The second-order valence-corrected chi connectivity index (χ2v) is 7.62. The number of benzene rings is 1. The minimum atomic E-state index is -4.37. The average Bonchev–Trinajstić information content (AvgIpc) is 3.10. The Morgan fingerprint density at radius 3 is 2.61 bits per heavy atom. The van der Waals surface area contributed by atoms with Crippen molar-refractivity contribution < 1.29 is 18.0 Å². The molecule has 4 nitrogen and oxygen atoms in total. The van der Waals surface area contributed by atoms with Gasteiger partial charge in [0.1, 0.15) is 10.9 Å². The number of aromatic nitrogens is 1. The van der Waals surface area contributed by atoms with Crippen LogP contribution in [0.25, 0.3) is 0 Å². The molecule has 1 aromatic carbocycles. The van der Waals surface area contributed by atoms with Gasteiger partial charge in [-0.1, -0.05) is 29.8 Å². The smallest absolute Gasteiger partial charge is 0.353 e. The summed E-state index contributed by atoms with van der Waals surface area (Å²) < 4.78 is 39.8. The number of piperidine rings is 1. The maximum Gasteiger partial charge on any atom is 0.416 e. The quantitative estimate of drug-likeness (QED) is 0.721. The summed E-state index contributed by atoms with van der Waals surface area (Å²) in [4.78, 5) is 21.9. The van der Waals surface area contributed by atoms with E-state index in [1.807, 2.05) is 0 Å². The number of aliphatic imine (C=N–C) groups is 1. The molecule has 1 amide bonds. The summed E-state index contributed by atoms with van der Waals surface area (Å²) in [6.45, 7) is 0.840. The predicted molar refractivity (Wildman–Crippen MR) is 101 cm³/mol. The summed E-state index contributed by atoms with van der Waals surface area (Å²) in [6.07, 6.45) is -2.00. The number of amides is 1. The topological polar surface area (TPSA) is 48.5 Å². The van der Waals surface area contributed by atoms with Gasteiger partial charge in [-0.25, -0.2) is 4.99 Å². The number of nitrogens with one attached hydrogen (secondary N) is 1. The first-order valence-corrected chi connectivity index (χ1v) is 9.61. The van der Waals surface area contributed by atoms with E-state index >= 15 is 0 Å². The number of rotatable bonds is 2. The van der Waals surface area contributed by atoms with Crippen LogP contribution in [0.2, 0.25) is 0 Å². The number of aromatic amines is 1. The van der Waals surface area contributed by atoms with Crippen LogP contribution in [0.4, 0.5) is 18.9 Å². The number of alkyl halides is 3. The molecule has 0 aliphatic carbocycles. The van der Waals surface area contributed by atoms with E-state index < -0.39 is 11.7 Å². The largest absolute Gasteiger partial charge is 0.416 e. The van der Waals surface area contributed by atoms with Gasteiger partial charge >= 0.3 is 6.18 Å². The maximum absolute atomic E-state index is 13.3. The lowest BCUT2D eigenvalue weighted by Crippen LogP contribution is -2.38. The van der Waals surface area contributed by atoms with Crippen LogP contribution in [-0.2, 0) is 12.6 Å². The highest BCUT2D eigenvalue weighted by atomic mass is 35.5. The second kappa shape index (κ2) is 7.28. The minimum absolute atomic E-state index is 0.150. The molecule has 2 aliphatic heterocycles. The SMILES string of the molecule is O=C(c1cc2c([nH]1)CCC(Cl)=N2)N1CCC(c2ccccc2C(F)(F)F)CC1. The number of nitrogens with zero attached hydrogens (tertiary/aromatic N) is 2. The summed E-state index contributed by atoms with van der Waals surface area (Å²) in [5, 5.41) is 0.523. The number of fused-ring (bicyclic) bond motifs is 1. The normalized spacial score (nSPS) is 18.0. The Bertz CT molecular complexity index is 927. The Hall–Kier alpha value is -2.28. The molecule has 2 aromatic rings. The molecular weight excluding hydrogens is 391 g/mol. The van der Waals surface area contributed by atoms with Gasteiger partial charge < -0.3 is 9.88 Å². The first-order chi connectivity index (χ1) is 13.3. The zero-order chi connectivity index (χ0) is 19.9. The van der Waals surface area contributed by atoms with Crippen LogP contribution in [0.5, 0.6) is 0 Å². The molecule has 0 bridgehead atoms. The van der Waals surface area contributed by atoms with Crippen molar-refractivity contribution in [2.75, 3.05) is 13.1 Å². The molecule has 0 unspecified atom stereocenters. The standard InChI is InChI=1S/C20H19ClF3N3O/c21-18-6-5-15-16(26-18)11-17(25-15)19(28)27-9-7-12(8-10-27)13-3-1-2-4-14(13)20(22,23)24/h1-4,11-12,25H,5-10H2. The molecule has 148 valence electrons. The highest BCUT2D eigenvalue weighted by molar-refractivity contribution is 6.65. The van der Waals surface area contributed by atoms with Crippen LogP contribution in [0, 0.1) is 0 Å². The Morgan fingerprint density at radius 2 is 1.89 bits per heavy atom. The lowest BCUT2D eigenvalue weighted by molar-refractivity contribution is -0.138. The van der Waals surface area contributed by atoms with Crippen molar-refractivity contribution in [1.82, 2.24) is 9.88 Å². The van der Waals surface area contributed by atoms with Crippen LogP contribution >= 0.6 is 11.6 Å². The van der Waals surface area contributed by atoms with Crippen molar-refractivity contribution >= 4 is 28.4 Å². The second-order valence-electron chi connectivity index (χ2n) is 7.19. The molecule has 0 atom stereocenters. The number of hydrogen-bond donors (Lipinski definition) is 1. The van der Waals surface area contributed by atoms with Gasteiger partial charge in [-0.3, -0.25) is 4.79 Å². The van der Waals surface area contributed by atoms with E-state index in [2.05, 4.69) is 9.98 Å². The van der Waals surface area contributed by atoms with Gasteiger partial charge in [0.25, 0.3) is 5.91 Å². The molecule has 28 heavy (non-hydrogen) atoms. The third-order valence-electron chi connectivity index (χ3n) is 5.42. The highest BCUT2D eigenvalue weighted by Crippen LogP contribution is 2.39. The Kier molecular flexibility index (Phi) is 4.95. The van der Waals surface area contributed by atoms with Crippen molar-refractivity contribution in [3.05, 3.63) is 52.8 Å². The fraction of sp³-hybridized carbons (Fsp3) is 0.400. The Labute approximate surface area is 165 Å². The molecule has 0 saturated carbocycles. The van der Waals surface area contributed by atoms with Gasteiger partial charge in [0.15, 0.2) is 0 Å². The third kappa shape index (κ3) is 3.68. The summed E-state index contributed by atoms with van der Waals surface area (Å²) in [6, 6.07) is 7.42. The van der Waals surface area contributed by atoms with E-state index in [-0.39, 0.29) is 11.8 Å². The molecule has 4 rings (SSSR count). The van der Waals surface area contributed by atoms with Gasteiger partial charge in [-0.05, 0) is 42.9 Å². The number of carbonyl (C=O) groups is 1.